The summed E-state index contributed by atoms with van der Waals surface area (Å²) < 4.78 is 16.7. The normalized spacial score (nSPS) is 11.3. The smallest absolute Gasteiger partial charge is 0.263 e. The van der Waals surface area contributed by atoms with E-state index < -0.39 is 5.91 Å². The molecule has 0 fully saturated rings. The van der Waals surface area contributed by atoms with Crippen LogP contribution in [0.3, 0.4) is 0 Å². The molecule has 174 valence electrons. The Morgan fingerprint density at radius 1 is 0.882 bits per heavy atom. The van der Waals surface area contributed by atoms with E-state index in [9.17, 15) is 9.59 Å². The Balaban J connectivity index is 1.69. The molecule has 4 rings (SSSR count). The van der Waals surface area contributed by atoms with Gasteiger partial charge in [-0.15, -0.1) is 0 Å². The molecule has 3 aromatic carbocycles. The molecule has 0 atom stereocenters. The molecule has 1 amide bonds. The van der Waals surface area contributed by atoms with Crippen molar-refractivity contribution in [2.24, 2.45) is 0 Å². The van der Waals surface area contributed by atoms with E-state index in [-0.39, 0.29) is 16.4 Å². The molecule has 1 N–H and O–H groups in total. The molecular weight excluding hydrogens is 430 g/mol. The van der Waals surface area contributed by atoms with Crippen molar-refractivity contribution >= 4 is 22.6 Å². The SMILES string of the molecule is COc1cccc(OC)c1C(=O)Nc1ccc2c(=O)cc(-c3ccc(C(C)(C)C)cc3)oc2c1. The molecule has 34 heavy (non-hydrogen) atoms. The zero-order valence-electron chi connectivity index (χ0n) is 19.9. The third kappa shape index (κ3) is 4.53. The lowest BCUT2D eigenvalue weighted by Crippen LogP contribution is -2.14. The fourth-order valence-electron chi connectivity index (χ4n) is 3.78. The lowest BCUT2D eigenvalue weighted by molar-refractivity contribution is 0.102. The van der Waals surface area contributed by atoms with E-state index in [1.165, 1.54) is 25.8 Å². The number of methoxy groups -OCH3 is 2. The van der Waals surface area contributed by atoms with Gasteiger partial charge in [0, 0.05) is 23.4 Å². The standard InChI is InChI=1S/C28H27NO5/c1-28(2,3)18-11-9-17(10-12-18)24-16-21(30)20-14-13-19(15-25(20)34-24)29-27(31)26-22(32-4)7-6-8-23(26)33-5/h6-16H,1-5H3,(H,29,31). The van der Waals surface area contributed by atoms with Crippen molar-refractivity contribution in [3.63, 3.8) is 0 Å². The van der Waals surface area contributed by atoms with Crippen LogP contribution in [-0.4, -0.2) is 20.1 Å². The van der Waals surface area contributed by atoms with Crippen LogP contribution in [0.4, 0.5) is 5.69 Å². The van der Waals surface area contributed by atoms with E-state index in [1.54, 1.807) is 36.4 Å². The Bertz CT molecular complexity index is 1390. The zero-order chi connectivity index (χ0) is 24.5. The maximum absolute atomic E-state index is 13.0. The second kappa shape index (κ2) is 9.06. The van der Waals surface area contributed by atoms with Crippen LogP contribution in [0.25, 0.3) is 22.3 Å². The maximum Gasteiger partial charge on any atom is 0.263 e. The van der Waals surface area contributed by atoms with Gasteiger partial charge in [0.2, 0.25) is 0 Å². The summed E-state index contributed by atoms with van der Waals surface area (Å²) in [5.74, 6) is 0.855. The van der Waals surface area contributed by atoms with Gasteiger partial charge in [0.15, 0.2) is 5.43 Å². The van der Waals surface area contributed by atoms with E-state index in [0.29, 0.717) is 33.9 Å². The highest BCUT2D eigenvalue weighted by Gasteiger charge is 2.19. The molecule has 0 unspecified atom stereocenters. The van der Waals surface area contributed by atoms with Crippen molar-refractivity contribution in [3.8, 4) is 22.8 Å². The lowest BCUT2D eigenvalue weighted by Gasteiger charge is -2.19. The first-order chi connectivity index (χ1) is 16.2. The van der Waals surface area contributed by atoms with Crippen molar-refractivity contribution in [1.29, 1.82) is 0 Å². The third-order valence-electron chi connectivity index (χ3n) is 5.68. The van der Waals surface area contributed by atoms with E-state index >= 15 is 0 Å². The monoisotopic (exact) mass is 457 g/mol. The van der Waals surface area contributed by atoms with Crippen molar-refractivity contribution in [3.05, 3.63) is 88.1 Å². The number of benzene rings is 3. The van der Waals surface area contributed by atoms with Crippen molar-refractivity contribution < 1.29 is 18.7 Å². The summed E-state index contributed by atoms with van der Waals surface area (Å²) in [6.45, 7) is 6.44. The van der Waals surface area contributed by atoms with Crippen LogP contribution >= 0.6 is 0 Å². The van der Waals surface area contributed by atoms with Crippen LogP contribution in [0.5, 0.6) is 11.5 Å². The van der Waals surface area contributed by atoms with Crippen molar-refractivity contribution in [2.75, 3.05) is 19.5 Å². The number of carbonyl (C=O) groups excluding carboxylic acids is 1. The van der Waals surface area contributed by atoms with Crippen LogP contribution in [-0.2, 0) is 5.41 Å². The molecule has 0 aliphatic heterocycles. The molecule has 0 aliphatic carbocycles. The molecule has 6 heteroatoms. The second-order valence-electron chi connectivity index (χ2n) is 9.00. The Morgan fingerprint density at radius 3 is 2.12 bits per heavy atom. The second-order valence-corrected chi connectivity index (χ2v) is 9.00. The van der Waals surface area contributed by atoms with Gasteiger partial charge in [-0.25, -0.2) is 0 Å². The minimum absolute atomic E-state index is 0.0278. The molecule has 1 aromatic heterocycles. The van der Waals surface area contributed by atoms with Gasteiger partial charge in [0.25, 0.3) is 5.91 Å². The summed E-state index contributed by atoms with van der Waals surface area (Å²) in [6, 6.07) is 19.5. The molecule has 0 aliphatic rings. The van der Waals surface area contributed by atoms with Crippen LogP contribution in [0, 0.1) is 0 Å². The number of fused-ring (bicyclic) bond motifs is 1. The molecule has 0 radical (unpaired) electrons. The van der Waals surface area contributed by atoms with Crippen LogP contribution in [0.15, 0.2) is 75.9 Å². The lowest BCUT2D eigenvalue weighted by atomic mass is 9.86. The summed E-state index contributed by atoms with van der Waals surface area (Å²) in [5, 5.41) is 3.27. The minimum Gasteiger partial charge on any atom is -0.496 e. The van der Waals surface area contributed by atoms with Gasteiger partial charge in [-0.1, -0.05) is 51.1 Å². The predicted molar refractivity (Wildman–Crippen MR) is 134 cm³/mol. The van der Waals surface area contributed by atoms with Gasteiger partial charge < -0.3 is 19.2 Å². The van der Waals surface area contributed by atoms with Crippen molar-refractivity contribution in [2.45, 2.75) is 26.2 Å². The van der Waals surface area contributed by atoms with Gasteiger partial charge in [0.05, 0.1) is 19.6 Å². The number of carbonyl (C=O) groups is 1. The molecule has 0 saturated heterocycles. The van der Waals surface area contributed by atoms with Crippen LogP contribution in [0.2, 0.25) is 0 Å². The number of hydrogen-bond acceptors (Lipinski definition) is 5. The molecule has 0 saturated carbocycles. The highest BCUT2D eigenvalue weighted by molar-refractivity contribution is 6.08. The Kier molecular flexibility index (Phi) is 6.16. The van der Waals surface area contributed by atoms with E-state index in [0.717, 1.165) is 5.56 Å². The van der Waals surface area contributed by atoms with Gasteiger partial charge in [-0.2, -0.15) is 0 Å². The van der Waals surface area contributed by atoms with Gasteiger partial charge >= 0.3 is 0 Å². The van der Waals surface area contributed by atoms with E-state index in [4.69, 9.17) is 13.9 Å². The highest BCUT2D eigenvalue weighted by atomic mass is 16.5. The summed E-state index contributed by atoms with van der Waals surface area (Å²) in [4.78, 5) is 25.8. The first kappa shape index (κ1) is 23.1. The molecule has 6 nitrogen and oxygen atoms in total. The zero-order valence-corrected chi connectivity index (χ0v) is 19.9. The average molecular weight is 458 g/mol. The number of hydrogen-bond donors (Lipinski definition) is 1. The molecule has 4 aromatic rings. The maximum atomic E-state index is 13.0. The van der Waals surface area contributed by atoms with Crippen molar-refractivity contribution in [1.82, 2.24) is 0 Å². The first-order valence-electron chi connectivity index (χ1n) is 10.9. The Morgan fingerprint density at radius 2 is 1.53 bits per heavy atom. The first-order valence-corrected chi connectivity index (χ1v) is 10.9. The van der Waals surface area contributed by atoms with E-state index in [2.05, 4.69) is 26.1 Å². The van der Waals surface area contributed by atoms with E-state index in [1.807, 2.05) is 24.3 Å². The summed E-state index contributed by atoms with van der Waals surface area (Å²) in [7, 11) is 2.98. The summed E-state index contributed by atoms with van der Waals surface area (Å²) >= 11 is 0. The Hall–Kier alpha value is -4.06. The highest BCUT2D eigenvalue weighted by Crippen LogP contribution is 2.30. The molecular formula is C28H27NO5. The van der Waals surface area contributed by atoms with Gasteiger partial charge in [-0.3, -0.25) is 9.59 Å². The molecule has 0 bridgehead atoms. The fraction of sp³-hybridized carbons (Fsp3) is 0.214. The number of rotatable bonds is 5. The van der Waals surface area contributed by atoms with Gasteiger partial charge in [0.1, 0.15) is 28.4 Å². The topological polar surface area (TPSA) is 77.8 Å². The average Bonchev–Trinajstić information content (AvgIpc) is 2.82. The number of nitrogens with one attached hydrogen (secondary N) is 1. The number of ether oxygens (including phenoxy) is 2. The van der Waals surface area contributed by atoms with Crippen LogP contribution in [0.1, 0.15) is 36.7 Å². The molecule has 1 heterocycles. The quantitative estimate of drug-likeness (QED) is 0.396. The summed E-state index contributed by atoms with van der Waals surface area (Å²) in [6.07, 6.45) is 0. The third-order valence-corrected chi connectivity index (χ3v) is 5.68. The summed E-state index contributed by atoms with van der Waals surface area (Å²) in [5.41, 5.74) is 3.01. The number of anilines is 1. The fourth-order valence-corrected chi connectivity index (χ4v) is 3.78. The molecule has 0 spiro atoms. The number of amides is 1. The van der Waals surface area contributed by atoms with Gasteiger partial charge in [-0.05, 0) is 35.2 Å². The minimum atomic E-state index is -0.398. The van der Waals surface area contributed by atoms with Crippen LogP contribution < -0.4 is 20.2 Å². The largest absolute Gasteiger partial charge is 0.496 e. The predicted octanol–water partition coefficient (Wildman–Crippen LogP) is 6.03. The Labute approximate surface area is 198 Å².